The maximum absolute atomic E-state index is 11.1. The average Bonchev–Trinajstić information content (AvgIpc) is 2.67. The van der Waals surface area contributed by atoms with Crippen LogP contribution in [0.15, 0.2) is 9.95 Å². The molecule has 1 aromatic heterocycles. The second kappa shape index (κ2) is 3.78. The topological polar surface area (TPSA) is 76.7 Å². The summed E-state index contributed by atoms with van der Waals surface area (Å²) in [6.45, 7) is 0. The fourth-order valence-electron chi connectivity index (χ4n) is 1.67. The first-order valence-corrected chi connectivity index (χ1v) is 5.58. The standard InChI is InChI=1S/C8H14N4OS/c1-12-7(13)10-11-8(12)14-6-3-2-5(9)4-6/h5-6H,2-4,9H2,1H3,(H,10,13). The third-order valence-corrected chi connectivity index (χ3v) is 3.87. The van der Waals surface area contributed by atoms with Crippen molar-refractivity contribution in [2.24, 2.45) is 12.8 Å². The number of aromatic nitrogens is 3. The highest BCUT2D eigenvalue weighted by Gasteiger charge is 2.24. The molecule has 1 fully saturated rings. The summed E-state index contributed by atoms with van der Waals surface area (Å²) in [5, 5.41) is 7.65. The number of rotatable bonds is 2. The lowest BCUT2D eigenvalue weighted by Gasteiger charge is -2.06. The Balaban J connectivity index is 2.04. The SMILES string of the molecule is Cn1c(SC2CCC(N)C2)n[nH]c1=O. The quantitative estimate of drug-likeness (QED) is 0.731. The van der Waals surface area contributed by atoms with Crippen molar-refractivity contribution in [1.29, 1.82) is 0 Å². The van der Waals surface area contributed by atoms with E-state index in [1.165, 1.54) is 4.57 Å². The second-order valence-electron chi connectivity index (χ2n) is 3.68. The van der Waals surface area contributed by atoms with Gasteiger partial charge in [-0.25, -0.2) is 9.89 Å². The molecule has 14 heavy (non-hydrogen) atoms. The Morgan fingerprint density at radius 1 is 1.64 bits per heavy atom. The molecule has 3 N–H and O–H groups in total. The maximum Gasteiger partial charge on any atom is 0.343 e. The van der Waals surface area contributed by atoms with Gasteiger partial charge in [0.25, 0.3) is 0 Å². The summed E-state index contributed by atoms with van der Waals surface area (Å²) >= 11 is 1.64. The van der Waals surface area contributed by atoms with Crippen molar-refractivity contribution < 1.29 is 0 Å². The second-order valence-corrected chi connectivity index (χ2v) is 4.95. The molecule has 0 aliphatic heterocycles. The zero-order valence-corrected chi connectivity index (χ0v) is 8.88. The van der Waals surface area contributed by atoms with Gasteiger partial charge in [-0.15, -0.1) is 5.10 Å². The monoisotopic (exact) mass is 214 g/mol. The van der Waals surface area contributed by atoms with Crippen molar-refractivity contribution in [2.45, 2.75) is 35.7 Å². The minimum Gasteiger partial charge on any atom is -0.328 e. The molecule has 1 saturated carbocycles. The summed E-state index contributed by atoms with van der Waals surface area (Å²) in [5.74, 6) is 0. The smallest absolute Gasteiger partial charge is 0.328 e. The summed E-state index contributed by atoms with van der Waals surface area (Å²) in [4.78, 5) is 11.1. The molecule has 0 bridgehead atoms. The Labute approximate surface area is 86.1 Å². The van der Waals surface area contributed by atoms with Gasteiger partial charge in [0.2, 0.25) is 0 Å². The molecule has 0 spiro atoms. The van der Waals surface area contributed by atoms with E-state index < -0.39 is 0 Å². The Morgan fingerprint density at radius 2 is 2.43 bits per heavy atom. The molecule has 2 rings (SSSR count). The van der Waals surface area contributed by atoms with Gasteiger partial charge in [0.15, 0.2) is 5.16 Å². The van der Waals surface area contributed by atoms with Gasteiger partial charge in [0.1, 0.15) is 0 Å². The first-order chi connectivity index (χ1) is 6.66. The Kier molecular flexibility index (Phi) is 2.64. The summed E-state index contributed by atoms with van der Waals surface area (Å²) in [5.41, 5.74) is 5.65. The number of aromatic amines is 1. The highest BCUT2D eigenvalue weighted by Crippen LogP contribution is 2.32. The molecule has 0 amide bonds. The number of nitrogens with one attached hydrogen (secondary N) is 1. The first kappa shape index (κ1) is 9.79. The number of H-pyrrole nitrogens is 1. The highest BCUT2D eigenvalue weighted by atomic mass is 32.2. The van der Waals surface area contributed by atoms with Crippen LogP contribution in [0.4, 0.5) is 0 Å². The van der Waals surface area contributed by atoms with Gasteiger partial charge in [-0.3, -0.25) is 4.57 Å². The van der Waals surface area contributed by atoms with Crippen molar-refractivity contribution in [3.05, 3.63) is 10.5 Å². The van der Waals surface area contributed by atoms with E-state index in [1.54, 1.807) is 18.8 Å². The van der Waals surface area contributed by atoms with Crippen LogP contribution in [0.25, 0.3) is 0 Å². The summed E-state index contributed by atoms with van der Waals surface area (Å²) in [6.07, 6.45) is 3.22. The molecule has 78 valence electrons. The van der Waals surface area contributed by atoms with E-state index in [2.05, 4.69) is 10.2 Å². The molecule has 2 unspecified atom stereocenters. The molecule has 2 atom stereocenters. The zero-order chi connectivity index (χ0) is 10.1. The minimum absolute atomic E-state index is 0.158. The zero-order valence-electron chi connectivity index (χ0n) is 8.06. The molecular weight excluding hydrogens is 200 g/mol. The summed E-state index contributed by atoms with van der Waals surface area (Å²) in [6, 6.07) is 0.323. The van der Waals surface area contributed by atoms with Crippen LogP contribution in [0.2, 0.25) is 0 Å². The first-order valence-electron chi connectivity index (χ1n) is 4.70. The molecule has 0 radical (unpaired) electrons. The van der Waals surface area contributed by atoms with Crippen LogP contribution in [-0.4, -0.2) is 26.1 Å². The predicted octanol–water partition coefficient (Wildman–Crippen LogP) is 0.0803. The van der Waals surface area contributed by atoms with Gasteiger partial charge in [-0.05, 0) is 19.3 Å². The van der Waals surface area contributed by atoms with Crippen molar-refractivity contribution >= 4 is 11.8 Å². The van der Waals surface area contributed by atoms with Crippen LogP contribution in [0.3, 0.4) is 0 Å². The fourth-order valence-corrected chi connectivity index (χ4v) is 2.90. The number of nitrogens with zero attached hydrogens (tertiary/aromatic N) is 2. The van der Waals surface area contributed by atoms with E-state index >= 15 is 0 Å². The van der Waals surface area contributed by atoms with Crippen LogP contribution in [0.1, 0.15) is 19.3 Å². The van der Waals surface area contributed by atoms with E-state index in [0.29, 0.717) is 11.3 Å². The molecule has 1 heterocycles. The van der Waals surface area contributed by atoms with E-state index in [4.69, 9.17) is 5.73 Å². The van der Waals surface area contributed by atoms with Gasteiger partial charge in [0.05, 0.1) is 0 Å². The number of hydrogen-bond acceptors (Lipinski definition) is 4. The molecule has 0 saturated heterocycles. The molecule has 1 aliphatic rings. The molecule has 0 aromatic carbocycles. The maximum atomic E-state index is 11.1. The third-order valence-electron chi connectivity index (χ3n) is 2.54. The van der Waals surface area contributed by atoms with Crippen LogP contribution in [0, 0.1) is 0 Å². The fraction of sp³-hybridized carbons (Fsp3) is 0.750. The highest BCUT2D eigenvalue weighted by molar-refractivity contribution is 7.99. The van der Waals surface area contributed by atoms with Gasteiger partial charge in [-0.1, -0.05) is 11.8 Å². The molecular formula is C8H14N4OS. The lowest BCUT2D eigenvalue weighted by Crippen LogP contribution is -2.16. The molecule has 1 aliphatic carbocycles. The third kappa shape index (κ3) is 1.85. The molecule has 5 nitrogen and oxygen atoms in total. The van der Waals surface area contributed by atoms with Crippen molar-refractivity contribution in [1.82, 2.24) is 14.8 Å². The summed E-state index contributed by atoms with van der Waals surface area (Å²) in [7, 11) is 1.73. The number of thioether (sulfide) groups is 1. The van der Waals surface area contributed by atoms with E-state index in [1.807, 2.05) is 0 Å². The van der Waals surface area contributed by atoms with Crippen molar-refractivity contribution in [2.75, 3.05) is 0 Å². The van der Waals surface area contributed by atoms with Gasteiger partial charge < -0.3 is 5.73 Å². The van der Waals surface area contributed by atoms with Gasteiger partial charge in [-0.2, -0.15) is 0 Å². The minimum atomic E-state index is -0.158. The van der Waals surface area contributed by atoms with Crippen LogP contribution in [-0.2, 0) is 7.05 Å². The van der Waals surface area contributed by atoms with Gasteiger partial charge >= 0.3 is 5.69 Å². The lowest BCUT2D eigenvalue weighted by molar-refractivity contribution is 0.704. The van der Waals surface area contributed by atoms with Crippen LogP contribution in [0.5, 0.6) is 0 Å². The predicted molar refractivity (Wildman–Crippen MR) is 55.3 cm³/mol. The number of hydrogen-bond donors (Lipinski definition) is 2. The van der Waals surface area contributed by atoms with Crippen molar-refractivity contribution in [3.63, 3.8) is 0 Å². The van der Waals surface area contributed by atoms with Crippen LogP contribution < -0.4 is 11.4 Å². The van der Waals surface area contributed by atoms with E-state index in [-0.39, 0.29) is 5.69 Å². The Bertz CT molecular complexity index is 372. The van der Waals surface area contributed by atoms with Crippen molar-refractivity contribution in [3.8, 4) is 0 Å². The van der Waals surface area contributed by atoms with Crippen LogP contribution >= 0.6 is 11.8 Å². The summed E-state index contributed by atoms with van der Waals surface area (Å²) < 4.78 is 1.54. The molecule has 1 aromatic rings. The normalized spacial score (nSPS) is 27.0. The Hall–Kier alpha value is -0.750. The largest absolute Gasteiger partial charge is 0.343 e. The van der Waals surface area contributed by atoms with Gasteiger partial charge in [0, 0.05) is 18.3 Å². The average molecular weight is 214 g/mol. The lowest BCUT2D eigenvalue weighted by atomic mass is 10.3. The van der Waals surface area contributed by atoms with E-state index in [0.717, 1.165) is 24.4 Å². The molecule has 6 heteroatoms. The number of nitrogens with two attached hydrogens (primary N) is 1. The Morgan fingerprint density at radius 3 is 2.93 bits per heavy atom. The van der Waals surface area contributed by atoms with E-state index in [9.17, 15) is 4.79 Å².